The molecule has 0 amide bonds. The van der Waals surface area contributed by atoms with Crippen molar-refractivity contribution in [3.8, 4) is 0 Å². The monoisotopic (exact) mass is 432 g/mol. The largest absolute Gasteiger partial charge is 0.376 e. The van der Waals surface area contributed by atoms with Crippen LogP contribution < -0.4 is 5.32 Å². The van der Waals surface area contributed by atoms with Gasteiger partial charge in [0.05, 0.1) is 18.8 Å². The fraction of sp³-hybridized carbons (Fsp3) is 0.870. The third-order valence-electron chi connectivity index (χ3n) is 6.65. The number of hydrogen-bond acceptors (Lipinski definition) is 5. The number of nitrogens with one attached hydrogen (secondary N) is 1. The summed E-state index contributed by atoms with van der Waals surface area (Å²) < 4.78 is 14.3. The van der Waals surface area contributed by atoms with Gasteiger partial charge in [0.15, 0.2) is 5.96 Å². The minimum absolute atomic E-state index is 0.304. The van der Waals surface area contributed by atoms with E-state index >= 15 is 0 Å². The van der Waals surface area contributed by atoms with Crippen LogP contribution in [0.25, 0.3) is 0 Å². The van der Waals surface area contributed by atoms with E-state index in [9.17, 15) is 0 Å². The summed E-state index contributed by atoms with van der Waals surface area (Å²) in [4.78, 5) is 7.30. The zero-order valence-electron chi connectivity index (χ0n) is 19.2. The zero-order chi connectivity index (χ0) is 21.3. The van der Waals surface area contributed by atoms with Gasteiger partial charge in [0.1, 0.15) is 11.6 Å². The topological polar surface area (TPSA) is 76.8 Å². The van der Waals surface area contributed by atoms with Crippen molar-refractivity contribution < 1.29 is 9.47 Å². The zero-order valence-corrected chi connectivity index (χ0v) is 19.2. The molecule has 1 atom stereocenters. The van der Waals surface area contributed by atoms with Gasteiger partial charge in [-0.25, -0.2) is 0 Å². The van der Waals surface area contributed by atoms with E-state index in [1.807, 2.05) is 0 Å². The quantitative estimate of drug-likeness (QED) is 0.527. The highest BCUT2D eigenvalue weighted by molar-refractivity contribution is 5.80. The first-order chi connectivity index (χ1) is 15.3. The highest BCUT2D eigenvalue weighted by Crippen LogP contribution is 2.18. The predicted molar refractivity (Wildman–Crippen MR) is 121 cm³/mol. The van der Waals surface area contributed by atoms with E-state index in [1.165, 1.54) is 32.1 Å². The molecule has 31 heavy (non-hydrogen) atoms. The Morgan fingerprint density at radius 1 is 1.10 bits per heavy atom. The van der Waals surface area contributed by atoms with E-state index in [0.29, 0.717) is 12.2 Å². The lowest BCUT2D eigenvalue weighted by Gasteiger charge is -2.35. The molecule has 8 heteroatoms. The van der Waals surface area contributed by atoms with Gasteiger partial charge in [-0.1, -0.05) is 6.42 Å². The third-order valence-corrected chi connectivity index (χ3v) is 6.65. The van der Waals surface area contributed by atoms with Crippen molar-refractivity contribution in [2.45, 2.75) is 89.9 Å². The maximum absolute atomic E-state index is 6.17. The Hall–Kier alpha value is -1.67. The maximum atomic E-state index is 6.17. The molecule has 4 heterocycles. The molecule has 3 aliphatic heterocycles. The van der Waals surface area contributed by atoms with Gasteiger partial charge in [-0.15, -0.1) is 10.2 Å². The van der Waals surface area contributed by atoms with Gasteiger partial charge >= 0.3 is 0 Å². The highest BCUT2D eigenvalue weighted by Gasteiger charge is 2.24. The van der Waals surface area contributed by atoms with E-state index in [1.54, 1.807) is 0 Å². The molecule has 4 rings (SSSR count). The average molecular weight is 433 g/mol. The molecule has 1 aromatic rings. The lowest BCUT2D eigenvalue weighted by molar-refractivity contribution is -0.0721. The van der Waals surface area contributed by atoms with Crippen LogP contribution in [0, 0.1) is 0 Å². The Morgan fingerprint density at radius 2 is 2.00 bits per heavy atom. The second-order valence-electron chi connectivity index (χ2n) is 8.99. The first-order valence-corrected chi connectivity index (χ1v) is 12.5. The minimum Gasteiger partial charge on any atom is -0.376 e. The van der Waals surface area contributed by atoms with Crippen LogP contribution in [0.4, 0.5) is 0 Å². The SMILES string of the molecule is CCNC(=NCCc1nnc2n1CCCCC2)N1CCC(OCC2CCCCO2)CC1. The van der Waals surface area contributed by atoms with Crippen LogP contribution >= 0.6 is 0 Å². The van der Waals surface area contributed by atoms with Gasteiger partial charge in [-0.05, 0) is 51.9 Å². The molecular weight excluding hydrogens is 392 g/mol. The molecule has 0 aliphatic carbocycles. The number of fused-ring (bicyclic) bond motifs is 1. The van der Waals surface area contributed by atoms with Crippen LogP contribution in [-0.2, 0) is 28.9 Å². The van der Waals surface area contributed by atoms with E-state index < -0.39 is 0 Å². The lowest BCUT2D eigenvalue weighted by Crippen LogP contribution is -2.47. The highest BCUT2D eigenvalue weighted by atomic mass is 16.5. The fourth-order valence-electron chi connectivity index (χ4n) is 4.83. The van der Waals surface area contributed by atoms with Crippen LogP contribution in [0.3, 0.4) is 0 Å². The normalized spacial score (nSPS) is 23.5. The molecule has 2 saturated heterocycles. The molecule has 8 nitrogen and oxygen atoms in total. The molecule has 0 spiro atoms. The molecular formula is C23H40N6O2. The van der Waals surface area contributed by atoms with Gasteiger partial charge in [0, 0.05) is 52.2 Å². The van der Waals surface area contributed by atoms with Gasteiger partial charge < -0.3 is 24.3 Å². The number of piperidine rings is 1. The number of ether oxygens (including phenoxy) is 2. The number of rotatable bonds is 7. The predicted octanol–water partition coefficient (Wildman–Crippen LogP) is 2.56. The van der Waals surface area contributed by atoms with Crippen molar-refractivity contribution in [2.75, 3.05) is 39.4 Å². The summed E-state index contributed by atoms with van der Waals surface area (Å²) in [5.74, 6) is 3.27. The number of guanidine groups is 1. The molecule has 0 bridgehead atoms. The maximum Gasteiger partial charge on any atom is 0.193 e. The van der Waals surface area contributed by atoms with Gasteiger partial charge in [0.25, 0.3) is 0 Å². The fourth-order valence-corrected chi connectivity index (χ4v) is 4.83. The molecule has 0 saturated carbocycles. The second kappa shape index (κ2) is 11.8. The summed E-state index contributed by atoms with van der Waals surface area (Å²) in [6.45, 7) is 8.44. The van der Waals surface area contributed by atoms with Crippen molar-refractivity contribution in [3.05, 3.63) is 11.6 Å². The van der Waals surface area contributed by atoms with Crippen LogP contribution in [0.2, 0.25) is 0 Å². The average Bonchev–Trinajstić information content (AvgIpc) is 3.04. The van der Waals surface area contributed by atoms with Crippen LogP contribution in [0.1, 0.15) is 69.9 Å². The van der Waals surface area contributed by atoms with E-state index in [2.05, 4.69) is 31.9 Å². The Kier molecular flexibility index (Phi) is 8.58. The van der Waals surface area contributed by atoms with Gasteiger partial charge in [-0.3, -0.25) is 4.99 Å². The first kappa shape index (κ1) is 22.5. The van der Waals surface area contributed by atoms with Crippen molar-refractivity contribution in [1.29, 1.82) is 0 Å². The molecule has 1 unspecified atom stereocenters. The van der Waals surface area contributed by atoms with Crippen molar-refractivity contribution in [1.82, 2.24) is 25.0 Å². The molecule has 1 aromatic heterocycles. The summed E-state index contributed by atoms with van der Waals surface area (Å²) in [5, 5.41) is 12.3. The van der Waals surface area contributed by atoms with E-state index in [-0.39, 0.29) is 0 Å². The van der Waals surface area contributed by atoms with Crippen LogP contribution in [0.15, 0.2) is 4.99 Å². The Morgan fingerprint density at radius 3 is 2.81 bits per heavy atom. The van der Waals surface area contributed by atoms with Crippen LogP contribution in [-0.4, -0.2) is 77.2 Å². The number of likely N-dealkylation sites (tertiary alicyclic amines) is 1. The molecule has 0 radical (unpaired) electrons. The summed E-state index contributed by atoms with van der Waals surface area (Å²) in [6.07, 6.45) is 12.0. The Labute approximate surface area is 186 Å². The Balaban J connectivity index is 1.24. The number of hydrogen-bond donors (Lipinski definition) is 1. The smallest absolute Gasteiger partial charge is 0.193 e. The number of aryl methyl sites for hydroxylation is 1. The Bertz CT molecular complexity index is 692. The third kappa shape index (κ3) is 6.42. The molecule has 2 fully saturated rings. The standard InChI is InChI=1S/C23H40N6O2/c1-2-24-23(25-13-10-22-27-26-21-9-4-3-6-14-29(21)22)28-15-11-19(12-16-28)31-18-20-8-5-7-17-30-20/h19-20H,2-18H2,1H3,(H,24,25). The van der Waals surface area contributed by atoms with E-state index in [4.69, 9.17) is 14.5 Å². The second-order valence-corrected chi connectivity index (χ2v) is 8.99. The summed E-state index contributed by atoms with van der Waals surface area (Å²) in [6, 6.07) is 0. The first-order valence-electron chi connectivity index (χ1n) is 12.5. The number of nitrogens with zero attached hydrogens (tertiary/aromatic N) is 5. The number of aromatic nitrogens is 3. The summed E-state index contributed by atoms with van der Waals surface area (Å²) in [7, 11) is 0. The van der Waals surface area contributed by atoms with E-state index in [0.717, 1.165) is 95.7 Å². The van der Waals surface area contributed by atoms with Gasteiger partial charge in [-0.2, -0.15) is 0 Å². The molecule has 174 valence electrons. The minimum atomic E-state index is 0.304. The molecule has 0 aromatic carbocycles. The summed E-state index contributed by atoms with van der Waals surface area (Å²) >= 11 is 0. The number of aliphatic imine (C=N–C) groups is 1. The van der Waals surface area contributed by atoms with Crippen molar-refractivity contribution in [2.24, 2.45) is 4.99 Å². The van der Waals surface area contributed by atoms with Crippen LogP contribution in [0.5, 0.6) is 0 Å². The van der Waals surface area contributed by atoms with Crippen molar-refractivity contribution >= 4 is 5.96 Å². The summed E-state index contributed by atoms with van der Waals surface area (Å²) in [5.41, 5.74) is 0. The molecule has 1 N–H and O–H groups in total. The van der Waals surface area contributed by atoms with Gasteiger partial charge in [0.2, 0.25) is 0 Å². The van der Waals surface area contributed by atoms with Crippen molar-refractivity contribution in [3.63, 3.8) is 0 Å². The lowest BCUT2D eigenvalue weighted by atomic mass is 10.1. The molecule has 3 aliphatic rings.